The van der Waals surface area contributed by atoms with Gasteiger partial charge in [-0.2, -0.15) is 13.2 Å². The number of carbonyl (C=O) groups excluding carboxylic acids is 1. The van der Waals surface area contributed by atoms with Crippen molar-refractivity contribution in [3.8, 4) is 11.8 Å². The summed E-state index contributed by atoms with van der Waals surface area (Å²) in [7, 11) is 1.32. The van der Waals surface area contributed by atoms with Crippen LogP contribution in [0.1, 0.15) is 18.4 Å². The number of carbonyl (C=O) groups is 1. The summed E-state index contributed by atoms with van der Waals surface area (Å²) >= 11 is 5.91. The van der Waals surface area contributed by atoms with E-state index in [0.717, 1.165) is 17.7 Å². The second-order valence-corrected chi connectivity index (χ2v) is 6.36. The van der Waals surface area contributed by atoms with E-state index in [1.54, 1.807) is 0 Å². The number of urea groups is 1. The number of hydrogen-bond acceptors (Lipinski definition) is 1. The van der Waals surface area contributed by atoms with Crippen molar-refractivity contribution in [3.63, 3.8) is 0 Å². The number of fused-ring (bicyclic) bond motifs is 1. The highest BCUT2D eigenvalue weighted by Crippen LogP contribution is 2.46. The average Bonchev–Trinajstić information content (AvgIpc) is 3.27. The van der Waals surface area contributed by atoms with Gasteiger partial charge in [0, 0.05) is 29.2 Å². The third kappa shape index (κ3) is 2.86. The zero-order chi connectivity index (χ0) is 16.8. The maximum Gasteiger partial charge on any atom is 0.410 e. The highest BCUT2D eigenvalue weighted by molar-refractivity contribution is 6.30. The van der Waals surface area contributed by atoms with Gasteiger partial charge in [-0.1, -0.05) is 23.4 Å². The van der Waals surface area contributed by atoms with Crippen molar-refractivity contribution in [1.82, 2.24) is 4.90 Å². The van der Waals surface area contributed by atoms with Crippen LogP contribution < -0.4 is 5.32 Å². The van der Waals surface area contributed by atoms with Crippen LogP contribution in [0.15, 0.2) is 18.2 Å². The van der Waals surface area contributed by atoms with Gasteiger partial charge >= 0.3 is 12.2 Å². The molecule has 122 valence electrons. The Labute approximate surface area is 136 Å². The third-order valence-corrected chi connectivity index (χ3v) is 4.29. The summed E-state index contributed by atoms with van der Waals surface area (Å²) < 4.78 is 42.1. The zero-order valence-corrected chi connectivity index (χ0v) is 13.1. The van der Waals surface area contributed by atoms with Gasteiger partial charge in [-0.3, -0.25) is 0 Å². The summed E-state index contributed by atoms with van der Waals surface area (Å²) in [5.41, 5.74) is -2.47. The monoisotopic (exact) mass is 342 g/mol. The van der Waals surface area contributed by atoms with E-state index in [4.69, 9.17) is 11.6 Å². The molecule has 1 atom stereocenters. The Morgan fingerprint density at radius 1 is 1.39 bits per heavy atom. The van der Waals surface area contributed by atoms with Crippen LogP contribution in [-0.2, 0) is 5.41 Å². The fourth-order valence-corrected chi connectivity index (χ4v) is 2.75. The number of alkyl halides is 3. The van der Waals surface area contributed by atoms with Gasteiger partial charge in [0.05, 0.1) is 6.54 Å². The van der Waals surface area contributed by atoms with Crippen LogP contribution in [0.5, 0.6) is 0 Å². The fraction of sp³-hybridized carbons (Fsp3) is 0.438. The molecule has 0 unspecified atom stereocenters. The van der Waals surface area contributed by atoms with E-state index in [0.29, 0.717) is 0 Å². The molecule has 2 amide bonds. The van der Waals surface area contributed by atoms with Gasteiger partial charge < -0.3 is 10.2 Å². The number of anilines is 1. The van der Waals surface area contributed by atoms with Crippen molar-refractivity contribution >= 4 is 23.3 Å². The lowest BCUT2D eigenvalue weighted by molar-refractivity contribution is -0.174. The fourth-order valence-electron chi connectivity index (χ4n) is 2.57. The molecule has 1 aliphatic carbocycles. The van der Waals surface area contributed by atoms with Gasteiger partial charge in [0.25, 0.3) is 0 Å². The molecule has 1 N–H and O–H groups in total. The van der Waals surface area contributed by atoms with Gasteiger partial charge in [-0.05, 0) is 31.0 Å². The van der Waals surface area contributed by atoms with Crippen molar-refractivity contribution in [2.75, 3.05) is 18.9 Å². The molecular weight excluding hydrogens is 329 g/mol. The molecular formula is C16H14ClF3N2O. The van der Waals surface area contributed by atoms with Gasteiger partial charge in [-0.15, -0.1) is 0 Å². The summed E-state index contributed by atoms with van der Waals surface area (Å²) in [4.78, 5) is 13.0. The molecule has 1 heterocycles. The van der Waals surface area contributed by atoms with E-state index in [1.165, 1.54) is 25.2 Å². The van der Waals surface area contributed by atoms with Gasteiger partial charge in [0.1, 0.15) is 0 Å². The van der Waals surface area contributed by atoms with Gasteiger partial charge in [0.15, 0.2) is 5.41 Å². The normalized spacial score (nSPS) is 24.2. The lowest BCUT2D eigenvalue weighted by Gasteiger charge is -2.33. The number of nitrogens with one attached hydrogen (secondary N) is 1. The third-order valence-electron chi connectivity index (χ3n) is 4.05. The lowest BCUT2D eigenvalue weighted by Crippen LogP contribution is -2.49. The number of benzene rings is 1. The standard InChI is InChI=1S/C16H14ClF3N2O/c1-22-9-15(16(18,19)20,7-6-10-2-3-10)12-8-11(17)4-5-13(12)21-14(22)23/h4-5,8,10H,2-3,9H2,1H3,(H,21,23)/t15-/m1/s1. The first-order valence-electron chi connectivity index (χ1n) is 7.14. The SMILES string of the molecule is CN1C[C@@](C#CC2CC2)(C(F)(F)F)c2cc(Cl)ccc2NC1=O. The van der Waals surface area contributed by atoms with E-state index in [9.17, 15) is 18.0 Å². The van der Waals surface area contributed by atoms with Crippen molar-refractivity contribution in [2.24, 2.45) is 5.92 Å². The summed E-state index contributed by atoms with van der Waals surface area (Å²) in [5, 5.41) is 2.66. The topological polar surface area (TPSA) is 32.3 Å². The molecule has 1 aliphatic heterocycles. The molecule has 23 heavy (non-hydrogen) atoms. The van der Waals surface area contributed by atoms with E-state index in [-0.39, 0.29) is 22.2 Å². The van der Waals surface area contributed by atoms with Crippen LogP contribution in [0.2, 0.25) is 5.02 Å². The van der Waals surface area contributed by atoms with Crippen LogP contribution in [0.3, 0.4) is 0 Å². The van der Waals surface area contributed by atoms with Crippen molar-refractivity contribution in [3.05, 3.63) is 28.8 Å². The number of amides is 2. The molecule has 0 saturated heterocycles. The van der Waals surface area contributed by atoms with E-state index in [1.807, 2.05) is 0 Å². The molecule has 0 bridgehead atoms. The Morgan fingerprint density at radius 2 is 2.09 bits per heavy atom. The molecule has 0 spiro atoms. The molecule has 1 aromatic rings. The average molecular weight is 343 g/mol. The van der Waals surface area contributed by atoms with E-state index in [2.05, 4.69) is 17.2 Å². The highest BCUT2D eigenvalue weighted by Gasteiger charge is 2.58. The minimum atomic E-state index is -4.64. The number of nitrogens with zero attached hydrogens (tertiary/aromatic N) is 1. The first-order valence-corrected chi connectivity index (χ1v) is 7.52. The molecule has 0 aromatic heterocycles. The minimum absolute atomic E-state index is 0.00841. The molecule has 1 saturated carbocycles. The second-order valence-electron chi connectivity index (χ2n) is 5.92. The maximum absolute atomic E-state index is 14.0. The van der Waals surface area contributed by atoms with Gasteiger partial charge in [0.2, 0.25) is 0 Å². The van der Waals surface area contributed by atoms with Crippen LogP contribution in [-0.4, -0.2) is 30.7 Å². The molecule has 0 radical (unpaired) electrons. The Balaban J connectivity index is 2.25. The van der Waals surface area contributed by atoms with E-state index < -0.39 is 24.2 Å². The van der Waals surface area contributed by atoms with Gasteiger partial charge in [-0.25, -0.2) is 4.79 Å². The van der Waals surface area contributed by atoms with Crippen LogP contribution in [0.4, 0.5) is 23.7 Å². The quantitative estimate of drug-likeness (QED) is 0.709. The summed E-state index contributed by atoms with van der Waals surface area (Å²) in [5.74, 6) is 5.17. The largest absolute Gasteiger partial charge is 0.410 e. The Kier molecular flexibility index (Phi) is 3.72. The number of hydrogen-bond donors (Lipinski definition) is 1. The smallest absolute Gasteiger partial charge is 0.325 e. The minimum Gasteiger partial charge on any atom is -0.325 e. The zero-order valence-electron chi connectivity index (χ0n) is 12.3. The van der Waals surface area contributed by atoms with E-state index >= 15 is 0 Å². The molecule has 2 aliphatic rings. The first-order chi connectivity index (χ1) is 10.7. The van der Waals surface area contributed by atoms with Crippen LogP contribution in [0.25, 0.3) is 0 Å². The van der Waals surface area contributed by atoms with Crippen molar-refractivity contribution in [1.29, 1.82) is 0 Å². The number of likely N-dealkylation sites (N-methyl/N-ethyl adjacent to an activating group) is 1. The van der Waals surface area contributed by atoms with Crippen molar-refractivity contribution < 1.29 is 18.0 Å². The predicted molar refractivity (Wildman–Crippen MR) is 81.3 cm³/mol. The Hall–Kier alpha value is -1.87. The van der Waals surface area contributed by atoms with Crippen LogP contribution >= 0.6 is 11.6 Å². The number of halogens is 4. The van der Waals surface area contributed by atoms with Crippen LogP contribution in [0, 0.1) is 17.8 Å². The summed E-state index contributed by atoms with van der Waals surface area (Å²) in [6.07, 6.45) is -3.01. The molecule has 1 fully saturated rings. The summed E-state index contributed by atoms with van der Waals surface area (Å²) in [6.45, 7) is -0.574. The molecule has 3 rings (SSSR count). The molecule has 1 aromatic carbocycles. The number of rotatable bonds is 0. The highest BCUT2D eigenvalue weighted by atomic mass is 35.5. The van der Waals surface area contributed by atoms with Crippen molar-refractivity contribution in [2.45, 2.75) is 24.4 Å². The maximum atomic E-state index is 14.0. The predicted octanol–water partition coefficient (Wildman–Crippen LogP) is 4.03. The lowest BCUT2D eigenvalue weighted by atomic mass is 9.78. The Morgan fingerprint density at radius 3 is 2.70 bits per heavy atom. The Bertz CT molecular complexity index is 718. The summed E-state index contributed by atoms with van der Waals surface area (Å²) in [6, 6.07) is 3.47. The molecule has 7 heteroatoms. The first kappa shape index (κ1) is 16.0. The second kappa shape index (κ2) is 5.34. The molecule has 3 nitrogen and oxygen atoms in total.